The maximum atomic E-state index is 5.46. The van der Waals surface area contributed by atoms with Crippen molar-refractivity contribution in [3.05, 3.63) is 29.8 Å². The van der Waals surface area contributed by atoms with Crippen LogP contribution in [0.2, 0.25) is 0 Å². The summed E-state index contributed by atoms with van der Waals surface area (Å²) in [5, 5.41) is 3.69. The van der Waals surface area contributed by atoms with Crippen molar-refractivity contribution in [2.75, 3.05) is 26.9 Å². The van der Waals surface area contributed by atoms with Gasteiger partial charge in [-0.15, -0.1) is 0 Å². The number of rotatable bonds is 6. The maximum Gasteiger partial charge on any atom is 0.123 e. The molecule has 1 aliphatic rings. The molecule has 0 spiro atoms. The lowest BCUT2D eigenvalue weighted by molar-refractivity contribution is 0.0653. The predicted molar refractivity (Wildman–Crippen MR) is 77.6 cm³/mol. The molecule has 0 aliphatic carbocycles. The molecule has 1 N–H and O–H groups in total. The molecule has 1 aromatic rings. The first-order valence-corrected chi connectivity index (χ1v) is 7.29. The van der Waals surface area contributed by atoms with E-state index in [1.807, 2.05) is 12.1 Å². The summed E-state index contributed by atoms with van der Waals surface area (Å²) >= 11 is 0. The highest BCUT2D eigenvalue weighted by Gasteiger charge is 2.17. The molecule has 1 unspecified atom stereocenters. The molecular weight excluding hydrogens is 238 g/mol. The van der Waals surface area contributed by atoms with E-state index in [1.165, 1.54) is 18.4 Å². The molecule has 3 heteroatoms. The minimum absolute atomic E-state index is 0.374. The van der Waals surface area contributed by atoms with Gasteiger partial charge in [0.25, 0.3) is 0 Å². The van der Waals surface area contributed by atoms with E-state index in [9.17, 15) is 0 Å². The highest BCUT2D eigenvalue weighted by molar-refractivity contribution is 5.35. The van der Waals surface area contributed by atoms with E-state index < -0.39 is 0 Å². The molecule has 0 bridgehead atoms. The van der Waals surface area contributed by atoms with Crippen molar-refractivity contribution in [1.29, 1.82) is 0 Å². The fourth-order valence-corrected chi connectivity index (χ4v) is 2.69. The van der Waals surface area contributed by atoms with E-state index in [4.69, 9.17) is 9.47 Å². The predicted octanol–water partition coefficient (Wildman–Crippen LogP) is 3.16. The second-order valence-electron chi connectivity index (χ2n) is 5.17. The third-order valence-electron chi connectivity index (χ3n) is 3.92. The van der Waals surface area contributed by atoms with Crippen LogP contribution in [-0.2, 0) is 4.74 Å². The summed E-state index contributed by atoms with van der Waals surface area (Å²) in [6, 6.07) is 8.67. The molecular formula is C16H25NO2. The van der Waals surface area contributed by atoms with Gasteiger partial charge in [-0.2, -0.15) is 0 Å². The van der Waals surface area contributed by atoms with E-state index in [0.29, 0.717) is 6.04 Å². The van der Waals surface area contributed by atoms with Crippen LogP contribution in [0.3, 0.4) is 0 Å². The lowest BCUT2D eigenvalue weighted by Gasteiger charge is -2.26. The van der Waals surface area contributed by atoms with Crippen molar-refractivity contribution >= 4 is 0 Å². The number of ether oxygens (including phenoxy) is 2. The Kier molecular flexibility index (Phi) is 5.67. The molecule has 0 aromatic heterocycles. The lowest BCUT2D eigenvalue weighted by atomic mass is 9.98. The van der Waals surface area contributed by atoms with Crippen LogP contribution in [0.1, 0.15) is 37.8 Å². The number of benzene rings is 1. The van der Waals surface area contributed by atoms with Gasteiger partial charge in [0.15, 0.2) is 0 Å². The number of hydrogen-bond donors (Lipinski definition) is 1. The Bertz CT molecular complexity index is 375. The van der Waals surface area contributed by atoms with Gasteiger partial charge in [0.2, 0.25) is 0 Å². The van der Waals surface area contributed by atoms with Crippen LogP contribution in [0.15, 0.2) is 24.3 Å². The smallest absolute Gasteiger partial charge is 0.123 e. The van der Waals surface area contributed by atoms with Crippen LogP contribution in [0.5, 0.6) is 5.75 Å². The lowest BCUT2D eigenvalue weighted by Crippen LogP contribution is -2.30. The number of nitrogens with one attached hydrogen (secondary N) is 1. The highest BCUT2D eigenvalue weighted by Crippen LogP contribution is 2.27. The summed E-state index contributed by atoms with van der Waals surface area (Å²) in [6.07, 6.45) is 3.42. The first kappa shape index (κ1) is 14.4. The van der Waals surface area contributed by atoms with Gasteiger partial charge in [0.1, 0.15) is 5.75 Å². The van der Waals surface area contributed by atoms with Gasteiger partial charge in [-0.3, -0.25) is 0 Å². The normalized spacial score (nSPS) is 18.2. The number of hydrogen-bond acceptors (Lipinski definition) is 3. The summed E-state index contributed by atoms with van der Waals surface area (Å²) < 4.78 is 10.9. The Morgan fingerprint density at radius 2 is 2.05 bits per heavy atom. The van der Waals surface area contributed by atoms with Crippen molar-refractivity contribution in [1.82, 2.24) is 5.32 Å². The molecule has 3 nitrogen and oxygen atoms in total. The second-order valence-corrected chi connectivity index (χ2v) is 5.17. The molecule has 1 fully saturated rings. The molecule has 0 radical (unpaired) electrons. The van der Waals surface area contributed by atoms with Gasteiger partial charge < -0.3 is 14.8 Å². The van der Waals surface area contributed by atoms with E-state index in [2.05, 4.69) is 24.4 Å². The summed E-state index contributed by atoms with van der Waals surface area (Å²) in [4.78, 5) is 0. The Morgan fingerprint density at radius 3 is 2.74 bits per heavy atom. The Balaban J connectivity index is 1.95. The van der Waals surface area contributed by atoms with Gasteiger partial charge in [-0.25, -0.2) is 0 Å². The maximum absolute atomic E-state index is 5.46. The summed E-state index contributed by atoms with van der Waals surface area (Å²) in [5.41, 5.74) is 1.26. The van der Waals surface area contributed by atoms with Crippen molar-refractivity contribution in [3.63, 3.8) is 0 Å². The minimum Gasteiger partial charge on any atom is -0.496 e. The van der Waals surface area contributed by atoms with Crippen LogP contribution >= 0.6 is 0 Å². The van der Waals surface area contributed by atoms with Crippen molar-refractivity contribution in [3.8, 4) is 5.75 Å². The Labute approximate surface area is 116 Å². The first-order chi connectivity index (χ1) is 9.35. The van der Waals surface area contributed by atoms with Crippen LogP contribution in [0.4, 0.5) is 0 Å². The average molecular weight is 263 g/mol. The molecule has 1 heterocycles. The fraction of sp³-hybridized carbons (Fsp3) is 0.625. The van der Waals surface area contributed by atoms with Gasteiger partial charge in [0, 0.05) is 24.8 Å². The van der Waals surface area contributed by atoms with Crippen molar-refractivity contribution < 1.29 is 9.47 Å². The fourth-order valence-electron chi connectivity index (χ4n) is 2.69. The highest BCUT2D eigenvalue weighted by atomic mass is 16.5. The zero-order valence-corrected chi connectivity index (χ0v) is 12.0. The van der Waals surface area contributed by atoms with E-state index in [1.54, 1.807) is 7.11 Å². The molecule has 106 valence electrons. The third-order valence-corrected chi connectivity index (χ3v) is 3.92. The zero-order valence-electron chi connectivity index (χ0n) is 12.0. The van der Waals surface area contributed by atoms with E-state index in [-0.39, 0.29) is 0 Å². The topological polar surface area (TPSA) is 30.5 Å². The molecule has 0 amide bonds. The van der Waals surface area contributed by atoms with E-state index in [0.717, 1.165) is 37.8 Å². The zero-order chi connectivity index (χ0) is 13.5. The molecule has 0 saturated carbocycles. The molecule has 1 aliphatic heterocycles. The van der Waals surface area contributed by atoms with Gasteiger partial charge >= 0.3 is 0 Å². The van der Waals surface area contributed by atoms with Crippen LogP contribution in [0.25, 0.3) is 0 Å². The third kappa shape index (κ3) is 3.95. The quantitative estimate of drug-likeness (QED) is 0.855. The summed E-state index contributed by atoms with van der Waals surface area (Å²) in [6.45, 7) is 5.11. The monoisotopic (exact) mass is 263 g/mol. The molecule has 1 atom stereocenters. The van der Waals surface area contributed by atoms with Crippen LogP contribution in [0, 0.1) is 5.92 Å². The standard InChI is InChI=1S/C16H25NO2/c1-3-15(14-6-4-5-7-16(14)18-2)17-12-13-8-10-19-11-9-13/h4-7,13,15,17H,3,8-12H2,1-2H3. The summed E-state index contributed by atoms with van der Waals surface area (Å²) in [5.74, 6) is 1.73. The largest absolute Gasteiger partial charge is 0.496 e. The minimum atomic E-state index is 0.374. The molecule has 1 saturated heterocycles. The van der Waals surface area contributed by atoms with Gasteiger partial charge in [-0.1, -0.05) is 25.1 Å². The van der Waals surface area contributed by atoms with E-state index >= 15 is 0 Å². The SMILES string of the molecule is CCC(NCC1CCOCC1)c1ccccc1OC. The molecule has 19 heavy (non-hydrogen) atoms. The average Bonchev–Trinajstić information content (AvgIpc) is 2.49. The Morgan fingerprint density at radius 1 is 1.32 bits per heavy atom. The number of para-hydroxylation sites is 1. The van der Waals surface area contributed by atoms with Gasteiger partial charge in [0.05, 0.1) is 7.11 Å². The molecule has 1 aromatic carbocycles. The summed E-state index contributed by atoms with van der Waals surface area (Å²) in [7, 11) is 1.74. The number of methoxy groups -OCH3 is 1. The Hall–Kier alpha value is -1.06. The van der Waals surface area contributed by atoms with Crippen LogP contribution in [-0.4, -0.2) is 26.9 Å². The first-order valence-electron chi connectivity index (χ1n) is 7.29. The molecule has 2 rings (SSSR count). The van der Waals surface area contributed by atoms with Crippen molar-refractivity contribution in [2.24, 2.45) is 5.92 Å². The van der Waals surface area contributed by atoms with Crippen molar-refractivity contribution in [2.45, 2.75) is 32.2 Å². The van der Waals surface area contributed by atoms with Crippen LogP contribution < -0.4 is 10.1 Å². The second kappa shape index (κ2) is 7.51. The van der Waals surface area contributed by atoms with Gasteiger partial charge in [-0.05, 0) is 37.8 Å².